The minimum absolute atomic E-state index is 0.0227. The number of hydrogen-bond donors (Lipinski definition) is 1. The van der Waals surface area contributed by atoms with Gasteiger partial charge >= 0.3 is 0 Å². The Morgan fingerprint density at radius 1 is 1.21 bits per heavy atom. The van der Waals surface area contributed by atoms with E-state index in [4.69, 9.17) is 13.9 Å². The molecule has 0 fully saturated rings. The van der Waals surface area contributed by atoms with E-state index in [1.165, 1.54) is 11.8 Å². The third-order valence-electron chi connectivity index (χ3n) is 4.80. The topological polar surface area (TPSA) is 90.2 Å². The molecule has 1 aliphatic carbocycles. The quantitative estimate of drug-likeness (QED) is 0.501. The fourth-order valence-corrected chi connectivity index (χ4v) is 4.16. The molecule has 146 valence electrons. The Labute approximate surface area is 166 Å². The normalized spacial score (nSPS) is 12.8. The van der Waals surface area contributed by atoms with Gasteiger partial charge in [0, 0.05) is 17.4 Å². The van der Waals surface area contributed by atoms with Crippen molar-refractivity contribution in [2.75, 3.05) is 14.2 Å². The molecule has 1 aliphatic rings. The summed E-state index contributed by atoms with van der Waals surface area (Å²) in [5, 5.41) is 0.622. The van der Waals surface area contributed by atoms with Crippen LogP contribution in [0.1, 0.15) is 29.1 Å². The summed E-state index contributed by atoms with van der Waals surface area (Å²) in [6.07, 6.45) is 2.68. The van der Waals surface area contributed by atoms with Crippen LogP contribution in [0.15, 0.2) is 32.6 Å². The van der Waals surface area contributed by atoms with Gasteiger partial charge in [0.25, 0.3) is 5.56 Å². The summed E-state index contributed by atoms with van der Waals surface area (Å²) in [7, 11) is 3.21. The van der Waals surface area contributed by atoms with E-state index in [0.29, 0.717) is 28.3 Å². The lowest BCUT2D eigenvalue weighted by Gasteiger charge is -2.07. The average molecular weight is 399 g/mol. The molecule has 0 aliphatic heterocycles. The van der Waals surface area contributed by atoms with Crippen LogP contribution in [0.5, 0.6) is 11.5 Å². The first-order valence-corrected chi connectivity index (χ1v) is 10.0. The third kappa shape index (κ3) is 3.52. The van der Waals surface area contributed by atoms with Crippen LogP contribution in [0.2, 0.25) is 0 Å². The Balaban J connectivity index is 1.56. The van der Waals surface area contributed by atoms with E-state index in [9.17, 15) is 4.79 Å². The fourth-order valence-electron chi connectivity index (χ4n) is 3.28. The van der Waals surface area contributed by atoms with E-state index >= 15 is 0 Å². The number of benzene rings is 1. The maximum Gasteiger partial charge on any atom is 0.254 e. The Hall–Kier alpha value is -2.74. The summed E-state index contributed by atoms with van der Waals surface area (Å²) in [6.45, 7) is 1.88. The zero-order chi connectivity index (χ0) is 19.7. The van der Waals surface area contributed by atoms with E-state index in [2.05, 4.69) is 15.0 Å². The fraction of sp³-hybridized carbons (Fsp3) is 0.350. The first kappa shape index (κ1) is 18.6. The number of aromatic amines is 1. The first-order valence-electron chi connectivity index (χ1n) is 9.02. The lowest BCUT2D eigenvalue weighted by molar-refractivity contribution is 0.394. The van der Waals surface area contributed by atoms with Gasteiger partial charge in [-0.15, -0.1) is 0 Å². The molecule has 0 radical (unpaired) electrons. The number of H-pyrrole nitrogens is 1. The van der Waals surface area contributed by atoms with Crippen LogP contribution in [-0.2, 0) is 18.6 Å². The molecule has 2 heterocycles. The van der Waals surface area contributed by atoms with Gasteiger partial charge in [0.1, 0.15) is 17.3 Å². The highest BCUT2D eigenvalue weighted by molar-refractivity contribution is 7.98. The van der Waals surface area contributed by atoms with E-state index in [-0.39, 0.29) is 5.56 Å². The lowest BCUT2D eigenvalue weighted by atomic mass is 10.2. The average Bonchev–Trinajstić information content (AvgIpc) is 3.32. The molecule has 28 heavy (non-hydrogen) atoms. The molecule has 1 N–H and O–H groups in total. The number of aryl methyl sites for hydroxylation is 2. The first-order chi connectivity index (χ1) is 13.6. The standard InChI is InChI=1S/C20H21N3O4S/c1-11-16(10-28-20-22-15-6-4-5-13(15)18(24)23-20)21-19(27-11)14-8-7-12(25-2)9-17(14)26-3/h7-9H,4-6,10H2,1-3H3,(H,22,23,24). The Morgan fingerprint density at radius 2 is 2.07 bits per heavy atom. The van der Waals surface area contributed by atoms with Crippen molar-refractivity contribution in [3.8, 4) is 23.0 Å². The summed E-state index contributed by atoms with van der Waals surface area (Å²) in [5.41, 5.74) is 3.29. The summed E-state index contributed by atoms with van der Waals surface area (Å²) >= 11 is 1.45. The van der Waals surface area contributed by atoms with Crippen molar-refractivity contribution in [2.45, 2.75) is 37.1 Å². The van der Waals surface area contributed by atoms with Crippen LogP contribution in [0.25, 0.3) is 11.5 Å². The smallest absolute Gasteiger partial charge is 0.254 e. The van der Waals surface area contributed by atoms with Crippen LogP contribution in [0.3, 0.4) is 0 Å². The molecule has 0 unspecified atom stereocenters. The van der Waals surface area contributed by atoms with Crippen LogP contribution in [-0.4, -0.2) is 29.2 Å². The zero-order valence-corrected chi connectivity index (χ0v) is 16.8. The molecule has 3 aromatic rings. The van der Waals surface area contributed by atoms with Crippen molar-refractivity contribution in [1.29, 1.82) is 0 Å². The molecule has 7 nitrogen and oxygen atoms in total. The van der Waals surface area contributed by atoms with Crippen molar-refractivity contribution in [3.63, 3.8) is 0 Å². The molecule has 4 rings (SSSR count). The lowest BCUT2D eigenvalue weighted by Crippen LogP contribution is -2.14. The third-order valence-corrected chi connectivity index (χ3v) is 5.68. The highest BCUT2D eigenvalue weighted by Crippen LogP contribution is 2.34. The molecule has 0 bridgehead atoms. The Bertz CT molecular complexity index is 1070. The molecule has 1 aromatic carbocycles. The van der Waals surface area contributed by atoms with Gasteiger partial charge in [0.15, 0.2) is 5.16 Å². The number of thioether (sulfide) groups is 1. The molecule has 0 amide bonds. The van der Waals surface area contributed by atoms with Gasteiger partial charge in [-0.2, -0.15) is 0 Å². The molecule has 0 atom stereocenters. The molecular formula is C20H21N3O4S. The van der Waals surface area contributed by atoms with Crippen molar-refractivity contribution in [1.82, 2.24) is 15.0 Å². The number of rotatable bonds is 6. The zero-order valence-electron chi connectivity index (χ0n) is 16.0. The molecule has 0 spiro atoms. The van der Waals surface area contributed by atoms with Gasteiger partial charge < -0.3 is 18.9 Å². The monoisotopic (exact) mass is 399 g/mol. The minimum Gasteiger partial charge on any atom is -0.497 e. The van der Waals surface area contributed by atoms with Crippen LogP contribution < -0.4 is 15.0 Å². The predicted octanol–water partition coefficient (Wildman–Crippen LogP) is 3.53. The summed E-state index contributed by atoms with van der Waals surface area (Å²) in [6, 6.07) is 5.49. The van der Waals surface area contributed by atoms with E-state index in [1.807, 2.05) is 19.1 Å². The van der Waals surface area contributed by atoms with Crippen LogP contribution >= 0.6 is 11.8 Å². The number of nitrogens with zero attached hydrogens (tertiary/aromatic N) is 2. The number of ether oxygens (including phenoxy) is 2. The second kappa shape index (κ2) is 7.71. The highest BCUT2D eigenvalue weighted by Gasteiger charge is 2.19. The van der Waals surface area contributed by atoms with Gasteiger partial charge in [-0.05, 0) is 38.3 Å². The number of nitrogens with one attached hydrogen (secondary N) is 1. The van der Waals surface area contributed by atoms with E-state index in [1.54, 1.807) is 20.3 Å². The maximum absolute atomic E-state index is 12.2. The second-order valence-corrected chi connectivity index (χ2v) is 7.49. The van der Waals surface area contributed by atoms with Gasteiger partial charge in [-0.25, -0.2) is 9.97 Å². The van der Waals surface area contributed by atoms with Crippen molar-refractivity contribution >= 4 is 11.8 Å². The molecule has 2 aromatic heterocycles. The number of methoxy groups -OCH3 is 2. The Morgan fingerprint density at radius 3 is 2.86 bits per heavy atom. The molecular weight excluding hydrogens is 378 g/mol. The van der Waals surface area contributed by atoms with Crippen LogP contribution in [0, 0.1) is 6.92 Å². The number of fused-ring (bicyclic) bond motifs is 1. The van der Waals surface area contributed by atoms with E-state index in [0.717, 1.165) is 47.5 Å². The van der Waals surface area contributed by atoms with Gasteiger partial charge in [-0.1, -0.05) is 11.8 Å². The minimum atomic E-state index is -0.0227. The second-order valence-electron chi connectivity index (χ2n) is 6.53. The number of oxazole rings is 1. The van der Waals surface area contributed by atoms with Crippen LogP contribution in [0.4, 0.5) is 0 Å². The number of hydrogen-bond acceptors (Lipinski definition) is 7. The maximum atomic E-state index is 12.2. The molecule has 0 saturated heterocycles. The summed E-state index contributed by atoms with van der Waals surface area (Å²) in [4.78, 5) is 24.2. The largest absolute Gasteiger partial charge is 0.497 e. The van der Waals surface area contributed by atoms with Crippen molar-refractivity contribution in [3.05, 3.63) is 51.3 Å². The molecule has 0 saturated carbocycles. The van der Waals surface area contributed by atoms with Gasteiger partial charge in [-0.3, -0.25) is 4.79 Å². The summed E-state index contributed by atoms with van der Waals surface area (Å²) < 4.78 is 16.5. The van der Waals surface area contributed by atoms with Crippen molar-refractivity contribution < 1.29 is 13.9 Å². The SMILES string of the molecule is COc1ccc(-c2nc(CSc3nc4c(c(=O)[nH]3)CCC4)c(C)o2)c(OC)c1. The Kier molecular flexibility index (Phi) is 5.13. The molecule has 8 heteroatoms. The van der Waals surface area contributed by atoms with Gasteiger partial charge in [0.05, 0.1) is 31.2 Å². The predicted molar refractivity (Wildman–Crippen MR) is 106 cm³/mol. The van der Waals surface area contributed by atoms with Crippen molar-refractivity contribution in [2.24, 2.45) is 0 Å². The number of aromatic nitrogens is 3. The summed E-state index contributed by atoms with van der Waals surface area (Å²) in [5.74, 6) is 3.10. The van der Waals surface area contributed by atoms with E-state index < -0.39 is 0 Å². The van der Waals surface area contributed by atoms with Gasteiger partial charge in [0.2, 0.25) is 5.89 Å². The highest BCUT2D eigenvalue weighted by atomic mass is 32.2.